The summed E-state index contributed by atoms with van der Waals surface area (Å²) in [5.41, 5.74) is 0. The minimum absolute atomic E-state index is 0.285. The number of amides is 1. The molecule has 0 unspecified atom stereocenters. The highest BCUT2D eigenvalue weighted by atomic mass is 16.2. The van der Waals surface area contributed by atoms with Gasteiger partial charge in [-0.05, 0) is 58.7 Å². The quantitative estimate of drug-likeness (QED) is 0.726. The van der Waals surface area contributed by atoms with Gasteiger partial charge in [0.15, 0.2) is 0 Å². The lowest BCUT2D eigenvalue weighted by Crippen LogP contribution is -2.43. The van der Waals surface area contributed by atoms with Gasteiger partial charge in [-0.1, -0.05) is 6.92 Å². The summed E-state index contributed by atoms with van der Waals surface area (Å²) in [7, 11) is 0. The summed E-state index contributed by atoms with van der Waals surface area (Å²) in [5.74, 6) is 1.05. The number of carbonyl (C=O) groups excluding carboxylic acids is 1. The maximum Gasteiger partial charge on any atom is 0.236 e. The third-order valence-corrected chi connectivity index (χ3v) is 3.99. The molecule has 112 valence electrons. The fraction of sp³-hybridized carbons (Fsp3) is 0.933. The molecular formula is C15H31N3O. The number of nitrogens with zero attached hydrogens (tertiary/aromatic N) is 2. The first-order chi connectivity index (χ1) is 9.21. The lowest BCUT2D eigenvalue weighted by molar-refractivity contribution is -0.132. The SMILES string of the molecule is CCCN(CC(=O)N(CC)CC)CC1CCNCC1. The van der Waals surface area contributed by atoms with Crippen LogP contribution in [0.2, 0.25) is 0 Å². The van der Waals surface area contributed by atoms with E-state index in [0.717, 1.165) is 51.6 Å². The average Bonchev–Trinajstić information content (AvgIpc) is 2.41. The van der Waals surface area contributed by atoms with E-state index in [1.54, 1.807) is 0 Å². The number of piperidine rings is 1. The number of likely N-dealkylation sites (N-methyl/N-ethyl adjacent to an activating group) is 1. The normalized spacial score (nSPS) is 16.8. The van der Waals surface area contributed by atoms with Crippen LogP contribution in [0.3, 0.4) is 0 Å². The zero-order valence-electron chi connectivity index (χ0n) is 13.0. The van der Waals surface area contributed by atoms with Crippen LogP contribution < -0.4 is 5.32 Å². The van der Waals surface area contributed by atoms with Crippen LogP contribution in [0.25, 0.3) is 0 Å². The fourth-order valence-corrected chi connectivity index (χ4v) is 2.85. The van der Waals surface area contributed by atoms with Gasteiger partial charge < -0.3 is 10.2 Å². The van der Waals surface area contributed by atoms with Crippen molar-refractivity contribution in [3.63, 3.8) is 0 Å². The topological polar surface area (TPSA) is 35.6 Å². The molecule has 1 amide bonds. The van der Waals surface area contributed by atoms with Crippen molar-refractivity contribution >= 4 is 5.91 Å². The average molecular weight is 269 g/mol. The molecule has 0 aromatic heterocycles. The molecule has 1 N–H and O–H groups in total. The molecule has 19 heavy (non-hydrogen) atoms. The molecule has 0 aliphatic carbocycles. The zero-order valence-corrected chi connectivity index (χ0v) is 13.0. The van der Waals surface area contributed by atoms with Gasteiger partial charge in [0.05, 0.1) is 6.54 Å². The van der Waals surface area contributed by atoms with Gasteiger partial charge in [0.1, 0.15) is 0 Å². The molecule has 0 aromatic carbocycles. The zero-order chi connectivity index (χ0) is 14.1. The van der Waals surface area contributed by atoms with Crippen molar-refractivity contribution in [2.45, 2.75) is 40.0 Å². The third kappa shape index (κ3) is 5.91. The second kappa shape index (κ2) is 9.32. The van der Waals surface area contributed by atoms with Crippen molar-refractivity contribution in [3.05, 3.63) is 0 Å². The Balaban J connectivity index is 2.44. The highest BCUT2D eigenvalue weighted by Crippen LogP contribution is 2.13. The van der Waals surface area contributed by atoms with Crippen LogP contribution in [0.4, 0.5) is 0 Å². The number of hydrogen-bond acceptors (Lipinski definition) is 3. The Morgan fingerprint density at radius 2 is 1.79 bits per heavy atom. The van der Waals surface area contributed by atoms with E-state index >= 15 is 0 Å². The van der Waals surface area contributed by atoms with Crippen molar-refractivity contribution in [1.82, 2.24) is 15.1 Å². The van der Waals surface area contributed by atoms with Crippen LogP contribution in [-0.2, 0) is 4.79 Å². The van der Waals surface area contributed by atoms with E-state index < -0.39 is 0 Å². The van der Waals surface area contributed by atoms with Crippen molar-refractivity contribution in [2.24, 2.45) is 5.92 Å². The molecule has 0 radical (unpaired) electrons. The van der Waals surface area contributed by atoms with Crippen LogP contribution in [0.5, 0.6) is 0 Å². The molecule has 4 heteroatoms. The van der Waals surface area contributed by atoms with Gasteiger partial charge in [-0.15, -0.1) is 0 Å². The molecule has 1 fully saturated rings. The Bertz CT molecular complexity index is 248. The number of nitrogens with one attached hydrogen (secondary N) is 1. The van der Waals surface area contributed by atoms with Gasteiger partial charge in [-0.2, -0.15) is 0 Å². The second-order valence-corrected chi connectivity index (χ2v) is 5.49. The molecule has 0 atom stereocenters. The van der Waals surface area contributed by atoms with Gasteiger partial charge in [0.25, 0.3) is 0 Å². The summed E-state index contributed by atoms with van der Waals surface area (Å²) in [6.07, 6.45) is 3.62. The van der Waals surface area contributed by atoms with Crippen molar-refractivity contribution < 1.29 is 4.79 Å². The maximum atomic E-state index is 12.2. The van der Waals surface area contributed by atoms with Crippen LogP contribution in [0.1, 0.15) is 40.0 Å². The second-order valence-electron chi connectivity index (χ2n) is 5.49. The highest BCUT2D eigenvalue weighted by molar-refractivity contribution is 5.78. The minimum Gasteiger partial charge on any atom is -0.342 e. The molecule has 1 aliphatic heterocycles. The summed E-state index contributed by atoms with van der Waals surface area (Å²) in [5, 5.41) is 3.40. The Kier molecular flexibility index (Phi) is 8.07. The van der Waals surface area contributed by atoms with Crippen molar-refractivity contribution in [1.29, 1.82) is 0 Å². The van der Waals surface area contributed by atoms with E-state index in [2.05, 4.69) is 31.0 Å². The first kappa shape index (κ1) is 16.4. The molecule has 1 saturated heterocycles. The molecule has 1 aliphatic rings. The standard InChI is InChI=1S/C15H31N3O/c1-4-11-17(12-14-7-9-16-10-8-14)13-15(19)18(5-2)6-3/h14,16H,4-13H2,1-3H3. The molecule has 0 bridgehead atoms. The predicted octanol–water partition coefficient (Wildman–Crippen LogP) is 1.57. The summed E-state index contributed by atoms with van der Waals surface area (Å²) < 4.78 is 0. The van der Waals surface area contributed by atoms with Gasteiger partial charge >= 0.3 is 0 Å². The number of rotatable bonds is 8. The van der Waals surface area contributed by atoms with Gasteiger partial charge in [-0.3, -0.25) is 9.69 Å². The molecule has 0 aromatic rings. The van der Waals surface area contributed by atoms with Crippen molar-refractivity contribution in [2.75, 3.05) is 45.8 Å². The maximum absolute atomic E-state index is 12.2. The number of carbonyl (C=O) groups is 1. The first-order valence-corrected chi connectivity index (χ1v) is 7.92. The van der Waals surface area contributed by atoms with E-state index in [4.69, 9.17) is 0 Å². The molecular weight excluding hydrogens is 238 g/mol. The van der Waals surface area contributed by atoms with Crippen LogP contribution >= 0.6 is 0 Å². The molecule has 0 spiro atoms. The Hall–Kier alpha value is -0.610. The minimum atomic E-state index is 0.285. The van der Waals surface area contributed by atoms with Gasteiger partial charge in [-0.25, -0.2) is 0 Å². The fourth-order valence-electron chi connectivity index (χ4n) is 2.85. The molecule has 4 nitrogen and oxygen atoms in total. The van der Waals surface area contributed by atoms with Gasteiger partial charge in [0, 0.05) is 19.6 Å². The lowest BCUT2D eigenvalue weighted by Gasteiger charge is -2.31. The summed E-state index contributed by atoms with van der Waals surface area (Å²) >= 11 is 0. The Morgan fingerprint density at radius 1 is 1.16 bits per heavy atom. The van der Waals surface area contributed by atoms with Crippen LogP contribution in [0, 0.1) is 5.92 Å². The third-order valence-electron chi connectivity index (χ3n) is 3.99. The number of hydrogen-bond donors (Lipinski definition) is 1. The predicted molar refractivity (Wildman–Crippen MR) is 80.3 cm³/mol. The van der Waals surface area contributed by atoms with Crippen LogP contribution in [0.15, 0.2) is 0 Å². The van der Waals surface area contributed by atoms with E-state index in [-0.39, 0.29) is 5.91 Å². The van der Waals surface area contributed by atoms with Gasteiger partial charge in [0.2, 0.25) is 5.91 Å². The lowest BCUT2D eigenvalue weighted by atomic mass is 9.97. The van der Waals surface area contributed by atoms with Crippen molar-refractivity contribution in [3.8, 4) is 0 Å². The molecule has 1 heterocycles. The summed E-state index contributed by atoms with van der Waals surface area (Å²) in [4.78, 5) is 16.5. The Morgan fingerprint density at radius 3 is 2.32 bits per heavy atom. The van der Waals surface area contributed by atoms with E-state index in [1.165, 1.54) is 12.8 Å². The first-order valence-electron chi connectivity index (χ1n) is 7.92. The Labute approximate surface area is 118 Å². The summed E-state index contributed by atoms with van der Waals surface area (Å²) in [6.45, 7) is 12.9. The smallest absolute Gasteiger partial charge is 0.236 e. The highest BCUT2D eigenvalue weighted by Gasteiger charge is 2.19. The van der Waals surface area contributed by atoms with E-state index in [0.29, 0.717) is 6.54 Å². The largest absolute Gasteiger partial charge is 0.342 e. The summed E-state index contributed by atoms with van der Waals surface area (Å²) in [6, 6.07) is 0. The van der Waals surface area contributed by atoms with Crippen LogP contribution in [-0.4, -0.2) is 61.5 Å². The molecule has 1 rings (SSSR count). The molecule has 0 saturated carbocycles. The monoisotopic (exact) mass is 269 g/mol. The van der Waals surface area contributed by atoms with E-state index in [9.17, 15) is 4.79 Å². The van der Waals surface area contributed by atoms with E-state index in [1.807, 2.05) is 4.90 Å².